The van der Waals surface area contributed by atoms with Crippen molar-refractivity contribution < 1.29 is 19.1 Å². The lowest BCUT2D eigenvalue weighted by Gasteiger charge is -2.28. The highest BCUT2D eigenvalue weighted by Gasteiger charge is 2.33. The summed E-state index contributed by atoms with van der Waals surface area (Å²) in [5, 5.41) is 0. The first-order valence-corrected chi connectivity index (χ1v) is 7.34. The minimum Gasteiger partial charge on any atom is -0.443 e. The zero-order valence-electron chi connectivity index (χ0n) is 14.5. The van der Waals surface area contributed by atoms with Crippen molar-refractivity contribution in [3.63, 3.8) is 0 Å². The molecule has 0 spiro atoms. The summed E-state index contributed by atoms with van der Waals surface area (Å²) in [6.45, 7) is 10.5. The maximum Gasteiger partial charge on any atom is 0.425 e. The molecule has 0 radical (unpaired) electrons. The Labute approximate surface area is 136 Å². The highest BCUT2D eigenvalue weighted by atomic mass is 16.6. The quantitative estimate of drug-likeness (QED) is 0.898. The number of carbonyl (C=O) groups is 2. The SMILES string of the molecule is CC(C)(C)OC(=O)N(C(=O)OC(C)(C)C)c1cc(CN)ccn1. The van der Waals surface area contributed by atoms with E-state index in [4.69, 9.17) is 15.2 Å². The number of anilines is 1. The van der Waals surface area contributed by atoms with Crippen LogP contribution in [0, 0.1) is 0 Å². The van der Waals surface area contributed by atoms with E-state index in [-0.39, 0.29) is 12.4 Å². The van der Waals surface area contributed by atoms with E-state index in [9.17, 15) is 9.59 Å². The van der Waals surface area contributed by atoms with Gasteiger partial charge in [0.05, 0.1) is 0 Å². The van der Waals surface area contributed by atoms with E-state index >= 15 is 0 Å². The number of hydrogen-bond donors (Lipinski definition) is 1. The highest BCUT2D eigenvalue weighted by molar-refractivity contribution is 6.08. The van der Waals surface area contributed by atoms with E-state index in [2.05, 4.69) is 4.98 Å². The number of nitrogens with zero attached hydrogens (tertiary/aromatic N) is 2. The lowest BCUT2D eigenvalue weighted by Crippen LogP contribution is -2.44. The van der Waals surface area contributed by atoms with Crippen LogP contribution in [0.1, 0.15) is 47.1 Å². The van der Waals surface area contributed by atoms with Crippen LogP contribution >= 0.6 is 0 Å². The molecule has 1 rings (SSSR count). The number of nitrogens with two attached hydrogens (primary N) is 1. The molecule has 0 bridgehead atoms. The van der Waals surface area contributed by atoms with Gasteiger partial charge in [0, 0.05) is 12.7 Å². The molecule has 1 aromatic heterocycles. The second-order valence-electron chi connectivity index (χ2n) is 7.02. The van der Waals surface area contributed by atoms with Crippen LogP contribution in [-0.4, -0.2) is 28.4 Å². The van der Waals surface area contributed by atoms with Crippen molar-refractivity contribution in [1.82, 2.24) is 4.98 Å². The first kappa shape index (κ1) is 18.9. The van der Waals surface area contributed by atoms with E-state index in [0.29, 0.717) is 0 Å². The van der Waals surface area contributed by atoms with Gasteiger partial charge in [0.15, 0.2) is 0 Å². The second kappa shape index (κ2) is 6.95. The molecule has 0 atom stereocenters. The Morgan fingerprint density at radius 2 is 1.57 bits per heavy atom. The number of hydrogen-bond acceptors (Lipinski definition) is 6. The Kier molecular flexibility index (Phi) is 5.71. The fraction of sp³-hybridized carbons (Fsp3) is 0.562. The molecule has 128 valence electrons. The molecule has 0 saturated heterocycles. The highest BCUT2D eigenvalue weighted by Crippen LogP contribution is 2.20. The van der Waals surface area contributed by atoms with Crippen molar-refractivity contribution in [2.24, 2.45) is 5.73 Å². The molecule has 1 heterocycles. The summed E-state index contributed by atoms with van der Waals surface area (Å²) >= 11 is 0. The van der Waals surface area contributed by atoms with Crippen LogP contribution in [0.15, 0.2) is 18.3 Å². The monoisotopic (exact) mass is 323 g/mol. The standard InChI is InChI=1S/C16H25N3O4/c1-15(2,3)22-13(20)19(14(21)23-16(4,5)6)12-9-11(10-17)7-8-18-12/h7-9H,10,17H2,1-6H3. The minimum atomic E-state index is -0.853. The van der Waals surface area contributed by atoms with Crippen molar-refractivity contribution in [2.75, 3.05) is 4.90 Å². The van der Waals surface area contributed by atoms with Gasteiger partial charge in [-0.25, -0.2) is 14.6 Å². The third kappa shape index (κ3) is 6.23. The summed E-state index contributed by atoms with van der Waals surface area (Å²) in [6, 6.07) is 3.25. The van der Waals surface area contributed by atoms with Crippen molar-refractivity contribution in [3.05, 3.63) is 23.9 Å². The Morgan fingerprint density at radius 1 is 1.09 bits per heavy atom. The van der Waals surface area contributed by atoms with Crippen molar-refractivity contribution in [3.8, 4) is 0 Å². The predicted octanol–water partition coefficient (Wildman–Crippen LogP) is 3.22. The van der Waals surface area contributed by atoms with Crippen LogP contribution in [0.4, 0.5) is 15.4 Å². The summed E-state index contributed by atoms with van der Waals surface area (Å²) in [4.78, 5) is 29.7. The van der Waals surface area contributed by atoms with Crippen LogP contribution in [0.5, 0.6) is 0 Å². The van der Waals surface area contributed by atoms with Gasteiger partial charge in [-0.2, -0.15) is 4.90 Å². The average Bonchev–Trinajstić information content (AvgIpc) is 2.34. The molecule has 2 N–H and O–H groups in total. The molecule has 0 aliphatic heterocycles. The van der Waals surface area contributed by atoms with Gasteiger partial charge in [-0.1, -0.05) is 0 Å². The van der Waals surface area contributed by atoms with Crippen molar-refractivity contribution >= 4 is 18.0 Å². The van der Waals surface area contributed by atoms with Gasteiger partial charge in [-0.3, -0.25) is 0 Å². The smallest absolute Gasteiger partial charge is 0.425 e. The maximum atomic E-state index is 12.4. The normalized spacial score (nSPS) is 11.8. The molecule has 0 aromatic carbocycles. The zero-order valence-corrected chi connectivity index (χ0v) is 14.5. The summed E-state index contributed by atoms with van der Waals surface area (Å²) < 4.78 is 10.6. The first-order valence-electron chi connectivity index (χ1n) is 7.34. The molecule has 1 aromatic rings. The lowest BCUT2D eigenvalue weighted by atomic mass is 10.2. The summed E-state index contributed by atoms with van der Waals surface area (Å²) in [7, 11) is 0. The third-order valence-corrected chi connectivity index (χ3v) is 2.43. The molecule has 2 amide bonds. The van der Waals surface area contributed by atoms with E-state index in [1.165, 1.54) is 6.20 Å². The van der Waals surface area contributed by atoms with Crippen molar-refractivity contribution in [2.45, 2.75) is 59.3 Å². The number of ether oxygens (including phenoxy) is 2. The fourth-order valence-electron chi connectivity index (χ4n) is 1.59. The summed E-state index contributed by atoms with van der Waals surface area (Å²) in [5.74, 6) is 0.108. The van der Waals surface area contributed by atoms with Gasteiger partial charge in [0.2, 0.25) is 0 Å². The number of rotatable bonds is 2. The second-order valence-corrected chi connectivity index (χ2v) is 7.02. The molecule has 7 nitrogen and oxygen atoms in total. The van der Waals surface area contributed by atoms with Gasteiger partial charge in [0.1, 0.15) is 17.0 Å². The largest absolute Gasteiger partial charge is 0.443 e. The maximum absolute atomic E-state index is 12.4. The minimum absolute atomic E-state index is 0.108. The lowest BCUT2D eigenvalue weighted by molar-refractivity contribution is 0.0429. The number of aromatic nitrogens is 1. The van der Waals surface area contributed by atoms with Crippen LogP contribution in [0.25, 0.3) is 0 Å². The van der Waals surface area contributed by atoms with Gasteiger partial charge in [-0.15, -0.1) is 0 Å². The van der Waals surface area contributed by atoms with E-state index in [1.54, 1.807) is 53.7 Å². The molecule has 0 aliphatic rings. The molecular weight excluding hydrogens is 298 g/mol. The molecule has 0 unspecified atom stereocenters. The average molecular weight is 323 g/mol. The molecule has 0 saturated carbocycles. The Balaban J connectivity index is 3.19. The van der Waals surface area contributed by atoms with E-state index < -0.39 is 23.4 Å². The Hall–Kier alpha value is -2.15. The van der Waals surface area contributed by atoms with Gasteiger partial charge in [-0.05, 0) is 59.2 Å². The van der Waals surface area contributed by atoms with Crippen molar-refractivity contribution in [1.29, 1.82) is 0 Å². The number of imide groups is 1. The number of pyridine rings is 1. The zero-order chi connectivity index (χ0) is 17.8. The van der Waals surface area contributed by atoms with Crippen LogP contribution in [0.2, 0.25) is 0 Å². The van der Waals surface area contributed by atoms with Crippen LogP contribution < -0.4 is 10.6 Å². The Morgan fingerprint density at radius 3 is 1.96 bits per heavy atom. The van der Waals surface area contributed by atoms with Gasteiger partial charge >= 0.3 is 12.2 Å². The molecule has 23 heavy (non-hydrogen) atoms. The topological polar surface area (TPSA) is 94.8 Å². The summed E-state index contributed by atoms with van der Waals surface area (Å²) in [5.41, 5.74) is 4.80. The first-order chi connectivity index (χ1) is 10.4. The van der Waals surface area contributed by atoms with Crippen LogP contribution in [-0.2, 0) is 16.0 Å². The number of amides is 2. The van der Waals surface area contributed by atoms with Gasteiger partial charge < -0.3 is 15.2 Å². The fourth-order valence-corrected chi connectivity index (χ4v) is 1.59. The molecule has 7 heteroatoms. The molecular formula is C16H25N3O4. The Bertz CT molecular complexity index is 545. The third-order valence-electron chi connectivity index (χ3n) is 2.43. The molecule has 0 fully saturated rings. The molecule has 0 aliphatic carbocycles. The predicted molar refractivity (Wildman–Crippen MR) is 87.1 cm³/mol. The number of carbonyl (C=O) groups excluding carboxylic acids is 2. The van der Waals surface area contributed by atoms with E-state index in [0.717, 1.165) is 10.5 Å². The van der Waals surface area contributed by atoms with Gasteiger partial charge in [0.25, 0.3) is 0 Å². The van der Waals surface area contributed by atoms with E-state index in [1.807, 2.05) is 0 Å². The van der Waals surface area contributed by atoms with Crippen LogP contribution in [0.3, 0.4) is 0 Å². The summed E-state index contributed by atoms with van der Waals surface area (Å²) in [6.07, 6.45) is -0.235.